The first-order valence-electron chi connectivity index (χ1n) is 12.0. The lowest BCUT2D eigenvalue weighted by atomic mass is 9.95. The number of hydrogen-bond acceptors (Lipinski definition) is 7. The van der Waals surface area contributed by atoms with Gasteiger partial charge < -0.3 is 18.8 Å². The van der Waals surface area contributed by atoms with Crippen LogP contribution >= 0.6 is 27.3 Å². The lowest BCUT2D eigenvalue weighted by Gasteiger charge is -2.25. The highest BCUT2D eigenvalue weighted by Gasteiger charge is 2.22. The van der Waals surface area contributed by atoms with Crippen LogP contribution in [-0.4, -0.2) is 22.5 Å². The third-order valence-corrected chi connectivity index (χ3v) is 7.61. The summed E-state index contributed by atoms with van der Waals surface area (Å²) in [6.45, 7) is 2.32. The van der Waals surface area contributed by atoms with E-state index in [1.165, 1.54) is 17.8 Å². The number of hydrogen-bond donors (Lipinski definition) is 1. The molecular weight excluding hydrogens is 542 g/mol. The van der Waals surface area contributed by atoms with Crippen molar-refractivity contribution < 1.29 is 14.3 Å². The van der Waals surface area contributed by atoms with Crippen molar-refractivity contribution in [3.05, 3.63) is 73.1 Å². The van der Waals surface area contributed by atoms with E-state index >= 15 is 0 Å². The Morgan fingerprint density at radius 2 is 2.03 bits per heavy atom. The van der Waals surface area contributed by atoms with E-state index in [1.54, 1.807) is 30.5 Å². The summed E-state index contributed by atoms with van der Waals surface area (Å²) in [5.74, 6) is 0.497. The van der Waals surface area contributed by atoms with Gasteiger partial charge in [0, 0.05) is 21.3 Å². The minimum absolute atomic E-state index is 0.0882. The van der Waals surface area contributed by atoms with Crippen LogP contribution in [0, 0.1) is 0 Å². The highest BCUT2D eigenvalue weighted by Crippen LogP contribution is 2.32. The molecule has 0 saturated heterocycles. The molecule has 0 atom stereocenters. The number of benzene rings is 2. The summed E-state index contributed by atoms with van der Waals surface area (Å²) in [6, 6.07) is 12.8. The second-order valence-corrected chi connectivity index (χ2v) is 10.5. The second kappa shape index (κ2) is 10.8. The van der Waals surface area contributed by atoms with Crippen LogP contribution in [0.15, 0.2) is 71.7 Å². The normalized spacial score (nSPS) is 15.2. The molecule has 0 bridgehead atoms. The molecule has 1 fully saturated rings. The number of nitrogens with zero attached hydrogens (tertiary/aromatic N) is 3. The monoisotopic (exact) mass is 567 g/mol. The molecule has 186 valence electrons. The third kappa shape index (κ3) is 5.17. The van der Waals surface area contributed by atoms with E-state index in [-0.39, 0.29) is 17.4 Å². The molecule has 36 heavy (non-hydrogen) atoms. The van der Waals surface area contributed by atoms with E-state index in [4.69, 9.17) is 9.15 Å². The molecule has 2 heterocycles. The third-order valence-electron chi connectivity index (χ3n) is 6.29. The Balaban J connectivity index is 1.58. The molecule has 4 aromatic rings. The number of fused-ring (bicyclic) bond motifs is 1. The molecule has 7 nitrogen and oxygen atoms in total. The summed E-state index contributed by atoms with van der Waals surface area (Å²) >= 11 is 4.96. The molecule has 0 spiro atoms. The van der Waals surface area contributed by atoms with Gasteiger partial charge in [0.2, 0.25) is 4.80 Å². The van der Waals surface area contributed by atoms with E-state index < -0.39 is 0 Å². The summed E-state index contributed by atoms with van der Waals surface area (Å²) in [6.07, 6.45) is 7.19. The molecule has 1 saturated carbocycles. The SMILES string of the molecule is CCOc1cc(/C=N\N=c2\scc(-c3cc4cc(Br)ccc4oc3=O)n2C2CCCCC2)ccc1O. The van der Waals surface area contributed by atoms with Gasteiger partial charge in [-0.1, -0.05) is 35.2 Å². The average molecular weight is 568 g/mol. The number of aromatic nitrogens is 1. The van der Waals surface area contributed by atoms with Gasteiger partial charge in [-0.15, -0.1) is 16.4 Å². The van der Waals surface area contributed by atoms with Crippen molar-refractivity contribution >= 4 is 44.5 Å². The highest BCUT2D eigenvalue weighted by molar-refractivity contribution is 9.10. The van der Waals surface area contributed by atoms with Crippen molar-refractivity contribution in [1.82, 2.24) is 4.57 Å². The van der Waals surface area contributed by atoms with Crippen LogP contribution in [0.4, 0.5) is 0 Å². The molecular formula is C27H26BrN3O4S. The number of halogens is 1. The van der Waals surface area contributed by atoms with E-state index in [0.29, 0.717) is 23.5 Å². The summed E-state index contributed by atoms with van der Waals surface area (Å²) in [7, 11) is 0. The first-order valence-corrected chi connectivity index (χ1v) is 13.7. The highest BCUT2D eigenvalue weighted by atomic mass is 79.9. The zero-order chi connectivity index (χ0) is 25.1. The van der Waals surface area contributed by atoms with Crippen LogP contribution in [-0.2, 0) is 0 Å². The van der Waals surface area contributed by atoms with Gasteiger partial charge in [0.25, 0.3) is 0 Å². The number of aromatic hydroxyl groups is 1. The Labute approximate surface area is 220 Å². The first-order chi connectivity index (χ1) is 17.5. The van der Waals surface area contributed by atoms with Crippen LogP contribution in [0.3, 0.4) is 0 Å². The maximum Gasteiger partial charge on any atom is 0.345 e. The summed E-state index contributed by atoms with van der Waals surface area (Å²) in [4.78, 5) is 13.7. The quantitative estimate of drug-likeness (QED) is 0.161. The molecule has 2 aromatic heterocycles. The standard InChI is InChI=1S/C27H26BrN3O4S/c1-2-34-25-12-17(8-10-23(25)32)15-29-30-27-31(20-6-4-3-5-7-20)22(16-36-27)21-14-18-13-19(28)9-11-24(18)35-26(21)33/h8-16,20,32H,2-7H2,1H3/b29-15-,30-27+. The minimum atomic E-state index is -0.366. The van der Waals surface area contributed by atoms with Crippen molar-refractivity contribution in [2.24, 2.45) is 10.2 Å². The summed E-state index contributed by atoms with van der Waals surface area (Å²) in [5.41, 5.74) is 2.28. The fraction of sp³-hybridized carbons (Fsp3) is 0.296. The fourth-order valence-corrected chi connectivity index (χ4v) is 5.87. The topological polar surface area (TPSA) is 89.3 Å². The minimum Gasteiger partial charge on any atom is -0.504 e. The molecule has 0 amide bonds. The maximum absolute atomic E-state index is 13.0. The molecule has 5 rings (SSSR count). The van der Waals surface area contributed by atoms with E-state index in [2.05, 4.69) is 30.7 Å². The first kappa shape index (κ1) is 24.5. The Kier molecular flexibility index (Phi) is 7.38. The van der Waals surface area contributed by atoms with Gasteiger partial charge in [0.15, 0.2) is 11.5 Å². The van der Waals surface area contributed by atoms with Crippen LogP contribution in [0.5, 0.6) is 11.5 Å². The number of phenolic OH excluding ortho intramolecular Hbond substituents is 1. The van der Waals surface area contributed by atoms with Gasteiger partial charge in [-0.2, -0.15) is 5.10 Å². The fourth-order valence-electron chi connectivity index (χ4n) is 4.58. The molecule has 2 aromatic carbocycles. The van der Waals surface area contributed by atoms with Crippen LogP contribution in [0.25, 0.3) is 22.2 Å². The molecule has 0 aliphatic heterocycles. The largest absolute Gasteiger partial charge is 0.504 e. The zero-order valence-electron chi connectivity index (χ0n) is 19.8. The van der Waals surface area contributed by atoms with Gasteiger partial charge in [-0.3, -0.25) is 0 Å². The van der Waals surface area contributed by atoms with Crippen LogP contribution in [0.1, 0.15) is 50.6 Å². The van der Waals surface area contributed by atoms with Crippen LogP contribution in [0.2, 0.25) is 0 Å². The Hall–Kier alpha value is -3.17. The average Bonchev–Trinajstić information content (AvgIpc) is 3.30. The Morgan fingerprint density at radius 3 is 2.83 bits per heavy atom. The summed E-state index contributed by atoms with van der Waals surface area (Å²) < 4.78 is 14.2. The van der Waals surface area contributed by atoms with E-state index in [9.17, 15) is 9.90 Å². The summed E-state index contributed by atoms with van der Waals surface area (Å²) in [5, 5.41) is 21.6. The Morgan fingerprint density at radius 1 is 1.19 bits per heavy atom. The van der Waals surface area contributed by atoms with E-state index in [1.807, 2.05) is 30.5 Å². The van der Waals surface area contributed by atoms with Crippen molar-refractivity contribution in [2.75, 3.05) is 6.61 Å². The van der Waals surface area contributed by atoms with Gasteiger partial charge in [-0.25, -0.2) is 4.79 Å². The van der Waals surface area contributed by atoms with Crippen molar-refractivity contribution in [3.63, 3.8) is 0 Å². The lowest BCUT2D eigenvalue weighted by Crippen LogP contribution is -2.24. The van der Waals surface area contributed by atoms with Crippen LogP contribution < -0.4 is 15.2 Å². The van der Waals surface area contributed by atoms with Crippen molar-refractivity contribution in [1.29, 1.82) is 0 Å². The predicted molar refractivity (Wildman–Crippen MR) is 146 cm³/mol. The molecule has 1 aliphatic carbocycles. The molecule has 0 unspecified atom stereocenters. The molecule has 0 radical (unpaired) electrons. The van der Waals surface area contributed by atoms with E-state index in [0.717, 1.165) is 51.6 Å². The zero-order valence-corrected chi connectivity index (χ0v) is 22.2. The lowest BCUT2D eigenvalue weighted by molar-refractivity contribution is 0.318. The predicted octanol–water partition coefficient (Wildman–Crippen LogP) is 6.63. The van der Waals surface area contributed by atoms with Crippen molar-refractivity contribution in [2.45, 2.75) is 45.1 Å². The molecule has 9 heteroatoms. The molecule has 1 N–H and O–H groups in total. The number of thiazole rings is 1. The second-order valence-electron chi connectivity index (χ2n) is 8.70. The Bertz CT molecular complexity index is 1550. The maximum atomic E-state index is 13.0. The smallest absolute Gasteiger partial charge is 0.345 e. The van der Waals surface area contributed by atoms with Gasteiger partial charge in [0.1, 0.15) is 5.58 Å². The number of phenols is 1. The van der Waals surface area contributed by atoms with Gasteiger partial charge in [0.05, 0.1) is 24.1 Å². The van der Waals surface area contributed by atoms with Gasteiger partial charge in [-0.05, 0) is 67.8 Å². The molecule has 1 aliphatic rings. The van der Waals surface area contributed by atoms with Gasteiger partial charge >= 0.3 is 5.63 Å². The number of rotatable bonds is 6. The number of ether oxygens (including phenoxy) is 1. The van der Waals surface area contributed by atoms with Crippen molar-refractivity contribution in [3.8, 4) is 22.8 Å².